The Bertz CT molecular complexity index is 804. The minimum atomic E-state index is 0.626. The number of fused-ring (bicyclic) bond motifs is 2. The van der Waals surface area contributed by atoms with Crippen molar-refractivity contribution in [3.8, 4) is 0 Å². The van der Waals surface area contributed by atoms with Gasteiger partial charge in [-0.25, -0.2) is 9.98 Å². The number of nitrogens with zero attached hydrogens (tertiary/aromatic N) is 2. The molecule has 0 saturated heterocycles. The van der Waals surface area contributed by atoms with E-state index in [0.717, 1.165) is 33.2 Å². The van der Waals surface area contributed by atoms with Crippen molar-refractivity contribution >= 4 is 44.5 Å². The van der Waals surface area contributed by atoms with Crippen molar-refractivity contribution < 1.29 is 4.74 Å². The summed E-state index contributed by atoms with van der Waals surface area (Å²) in [7, 11) is 1.64. The maximum Gasteiger partial charge on any atom is 0.251 e. The van der Waals surface area contributed by atoms with Gasteiger partial charge in [-0.05, 0) is 12.1 Å². The van der Waals surface area contributed by atoms with Crippen LogP contribution < -0.4 is 0 Å². The number of methoxy groups -OCH3 is 1. The topological polar surface area (TPSA) is 34.5 Å². The van der Waals surface area contributed by atoms with Crippen LogP contribution >= 0.6 is 11.8 Å². The first-order chi connectivity index (χ1) is 10.8. The minimum absolute atomic E-state index is 0.626. The zero-order chi connectivity index (χ0) is 15.4. The summed E-state index contributed by atoms with van der Waals surface area (Å²) >= 11 is 1.52. The highest BCUT2D eigenvalue weighted by atomic mass is 32.2. The van der Waals surface area contributed by atoms with Crippen LogP contribution in [0, 0.1) is 0 Å². The van der Waals surface area contributed by atoms with Gasteiger partial charge in [0.1, 0.15) is 0 Å². The lowest BCUT2D eigenvalue weighted by Crippen LogP contribution is -1.96. The van der Waals surface area contributed by atoms with E-state index in [1.165, 1.54) is 11.8 Å². The standard InChI is InChI=1S/C18H16N2OS/c1-3-12-22-18(21-2)20-17-13-8-4-6-10-15(13)19-16-11-7-5-9-14(16)17/h3-11H,1,12H2,2H3. The fraction of sp³-hybridized carbons (Fsp3) is 0.111. The monoisotopic (exact) mass is 308 g/mol. The van der Waals surface area contributed by atoms with Crippen LogP contribution in [0.4, 0.5) is 5.69 Å². The van der Waals surface area contributed by atoms with E-state index >= 15 is 0 Å². The molecule has 0 aliphatic carbocycles. The second-order valence-electron chi connectivity index (χ2n) is 4.68. The number of para-hydroxylation sites is 2. The summed E-state index contributed by atoms with van der Waals surface area (Å²) in [5, 5.41) is 2.67. The van der Waals surface area contributed by atoms with Gasteiger partial charge in [0.2, 0.25) is 0 Å². The summed E-state index contributed by atoms with van der Waals surface area (Å²) in [6.45, 7) is 3.73. The van der Waals surface area contributed by atoms with Crippen LogP contribution in [0.2, 0.25) is 0 Å². The van der Waals surface area contributed by atoms with Gasteiger partial charge in [0.25, 0.3) is 5.23 Å². The fourth-order valence-corrected chi connectivity index (χ4v) is 2.83. The number of pyridine rings is 1. The molecule has 0 aliphatic rings. The zero-order valence-corrected chi connectivity index (χ0v) is 13.1. The Morgan fingerprint density at radius 2 is 1.73 bits per heavy atom. The van der Waals surface area contributed by atoms with E-state index in [2.05, 4.69) is 6.58 Å². The van der Waals surface area contributed by atoms with Gasteiger partial charge in [0.05, 0.1) is 23.8 Å². The Balaban J connectivity index is 2.27. The van der Waals surface area contributed by atoms with Gasteiger partial charge in [-0.3, -0.25) is 0 Å². The van der Waals surface area contributed by atoms with E-state index in [1.54, 1.807) is 7.11 Å². The molecule has 3 rings (SSSR count). The molecular weight excluding hydrogens is 292 g/mol. The Morgan fingerprint density at radius 3 is 2.27 bits per heavy atom. The molecule has 110 valence electrons. The lowest BCUT2D eigenvalue weighted by molar-refractivity contribution is 0.416. The number of aromatic nitrogens is 1. The van der Waals surface area contributed by atoms with Crippen molar-refractivity contribution in [3.05, 3.63) is 61.2 Å². The summed E-state index contributed by atoms with van der Waals surface area (Å²) in [6, 6.07) is 16.1. The minimum Gasteiger partial charge on any atom is -0.476 e. The Kier molecular flexibility index (Phi) is 4.39. The van der Waals surface area contributed by atoms with Gasteiger partial charge in [-0.15, -0.1) is 6.58 Å². The molecule has 1 aromatic heterocycles. The molecule has 0 atom stereocenters. The predicted octanol–water partition coefficient (Wildman–Crippen LogP) is 4.94. The molecule has 1 heterocycles. The van der Waals surface area contributed by atoms with Gasteiger partial charge in [0, 0.05) is 16.5 Å². The van der Waals surface area contributed by atoms with E-state index in [-0.39, 0.29) is 0 Å². The SMILES string of the molecule is C=CCSC(=Nc1c2ccccc2nc2ccccc12)OC. The maximum atomic E-state index is 5.40. The summed E-state index contributed by atoms with van der Waals surface area (Å²) in [4.78, 5) is 9.44. The van der Waals surface area contributed by atoms with E-state index in [0.29, 0.717) is 5.23 Å². The van der Waals surface area contributed by atoms with E-state index in [4.69, 9.17) is 14.7 Å². The highest BCUT2D eigenvalue weighted by Crippen LogP contribution is 2.33. The van der Waals surface area contributed by atoms with Crippen LogP contribution in [0.5, 0.6) is 0 Å². The Labute approximate surface area is 133 Å². The van der Waals surface area contributed by atoms with Crippen molar-refractivity contribution in [2.24, 2.45) is 4.99 Å². The van der Waals surface area contributed by atoms with Gasteiger partial charge in [-0.1, -0.05) is 54.2 Å². The summed E-state index contributed by atoms with van der Waals surface area (Å²) in [5.41, 5.74) is 2.77. The van der Waals surface area contributed by atoms with Crippen molar-refractivity contribution in [1.82, 2.24) is 4.98 Å². The third-order valence-electron chi connectivity index (χ3n) is 3.26. The molecule has 0 saturated carbocycles. The van der Waals surface area contributed by atoms with Gasteiger partial charge < -0.3 is 4.74 Å². The molecule has 4 heteroatoms. The third-order valence-corrected chi connectivity index (χ3v) is 4.17. The second-order valence-corrected chi connectivity index (χ2v) is 5.65. The number of hydrogen-bond donors (Lipinski definition) is 0. The summed E-state index contributed by atoms with van der Waals surface area (Å²) < 4.78 is 5.40. The first kappa shape index (κ1) is 14.6. The fourth-order valence-electron chi connectivity index (χ4n) is 2.30. The molecule has 0 spiro atoms. The van der Waals surface area contributed by atoms with Crippen LogP contribution in [0.1, 0.15) is 0 Å². The molecular formula is C18H16N2OS. The average molecular weight is 308 g/mol. The highest BCUT2D eigenvalue weighted by Gasteiger charge is 2.09. The molecule has 0 N–H and O–H groups in total. The smallest absolute Gasteiger partial charge is 0.251 e. The number of benzene rings is 2. The number of thioether (sulfide) groups is 1. The molecule has 0 aliphatic heterocycles. The second kappa shape index (κ2) is 6.62. The van der Waals surface area contributed by atoms with Crippen molar-refractivity contribution in [1.29, 1.82) is 0 Å². The summed E-state index contributed by atoms with van der Waals surface area (Å²) in [5.74, 6) is 0.758. The first-order valence-electron chi connectivity index (χ1n) is 6.97. The molecule has 22 heavy (non-hydrogen) atoms. The molecule has 0 unspecified atom stereocenters. The molecule has 0 bridgehead atoms. The van der Waals surface area contributed by atoms with E-state index < -0.39 is 0 Å². The average Bonchev–Trinajstić information content (AvgIpc) is 2.57. The first-order valence-corrected chi connectivity index (χ1v) is 7.96. The van der Waals surface area contributed by atoms with E-state index in [9.17, 15) is 0 Å². The molecule has 2 aromatic carbocycles. The van der Waals surface area contributed by atoms with Gasteiger partial charge >= 0.3 is 0 Å². The summed E-state index contributed by atoms with van der Waals surface area (Å²) in [6.07, 6.45) is 1.84. The van der Waals surface area contributed by atoms with Crippen LogP contribution in [0.25, 0.3) is 21.8 Å². The largest absolute Gasteiger partial charge is 0.476 e. The molecule has 0 amide bonds. The van der Waals surface area contributed by atoms with Crippen molar-refractivity contribution in [2.45, 2.75) is 0 Å². The molecule has 3 nitrogen and oxygen atoms in total. The molecule has 0 radical (unpaired) electrons. The quantitative estimate of drug-likeness (QED) is 0.297. The predicted molar refractivity (Wildman–Crippen MR) is 96.0 cm³/mol. The van der Waals surface area contributed by atoms with Gasteiger partial charge in [-0.2, -0.15) is 0 Å². The van der Waals surface area contributed by atoms with E-state index in [1.807, 2.05) is 54.6 Å². The zero-order valence-electron chi connectivity index (χ0n) is 12.3. The van der Waals surface area contributed by atoms with Crippen LogP contribution in [0.15, 0.2) is 66.2 Å². The Morgan fingerprint density at radius 1 is 1.14 bits per heavy atom. The number of aliphatic imine (C=N–C) groups is 1. The van der Waals surface area contributed by atoms with Crippen LogP contribution in [-0.2, 0) is 4.74 Å². The normalized spacial score (nSPS) is 11.8. The van der Waals surface area contributed by atoms with Crippen molar-refractivity contribution in [3.63, 3.8) is 0 Å². The maximum absolute atomic E-state index is 5.40. The lowest BCUT2D eigenvalue weighted by Gasteiger charge is -2.09. The van der Waals surface area contributed by atoms with Crippen LogP contribution in [-0.4, -0.2) is 23.1 Å². The molecule has 3 aromatic rings. The van der Waals surface area contributed by atoms with Gasteiger partial charge in [0.15, 0.2) is 0 Å². The number of ether oxygens (including phenoxy) is 1. The lowest BCUT2D eigenvalue weighted by atomic mass is 10.1. The number of hydrogen-bond acceptors (Lipinski definition) is 4. The van der Waals surface area contributed by atoms with Crippen molar-refractivity contribution in [2.75, 3.05) is 12.9 Å². The number of rotatable bonds is 3. The molecule has 0 fully saturated rings. The Hall–Kier alpha value is -2.33. The highest BCUT2D eigenvalue weighted by molar-refractivity contribution is 8.13. The van der Waals surface area contributed by atoms with Crippen LogP contribution in [0.3, 0.4) is 0 Å². The third kappa shape index (κ3) is 2.83.